The molecule has 1 amide bonds. The normalized spacial score (nSPS) is 24.0. The lowest BCUT2D eigenvalue weighted by Gasteiger charge is -2.28. The summed E-state index contributed by atoms with van der Waals surface area (Å²) in [5, 5.41) is 0.232. The van der Waals surface area contributed by atoms with Crippen LogP contribution in [-0.2, 0) is 4.79 Å². The van der Waals surface area contributed by atoms with Crippen molar-refractivity contribution in [3.8, 4) is 0 Å². The summed E-state index contributed by atoms with van der Waals surface area (Å²) in [6, 6.07) is 4.22. The average Bonchev–Trinajstić information content (AvgIpc) is 3.07. The molecule has 3 heterocycles. The number of carbonyl (C=O) groups is 1. The summed E-state index contributed by atoms with van der Waals surface area (Å²) in [7, 11) is 0. The van der Waals surface area contributed by atoms with Crippen molar-refractivity contribution in [1.29, 1.82) is 0 Å². The maximum Gasteiger partial charge on any atom is 0.233 e. The third kappa shape index (κ3) is 4.03. The average molecular weight is 389 g/mol. The summed E-state index contributed by atoms with van der Waals surface area (Å²) < 4.78 is 1.14. The molecule has 0 spiro atoms. The molecule has 0 aliphatic carbocycles. The zero-order valence-electron chi connectivity index (χ0n) is 12.1. The first kappa shape index (κ1) is 15.8. The van der Waals surface area contributed by atoms with Crippen LogP contribution in [0.4, 0.5) is 0 Å². The molecule has 0 bridgehead atoms. The molecule has 0 radical (unpaired) electrons. The van der Waals surface area contributed by atoms with Gasteiger partial charge in [0.1, 0.15) is 5.37 Å². The van der Waals surface area contributed by atoms with Crippen molar-refractivity contribution in [3.05, 3.63) is 20.8 Å². The van der Waals surface area contributed by atoms with Gasteiger partial charge >= 0.3 is 0 Å². The second-order valence-corrected chi connectivity index (χ2v) is 9.21. The van der Waals surface area contributed by atoms with E-state index in [1.807, 2.05) is 0 Å². The molecule has 2 aliphatic rings. The van der Waals surface area contributed by atoms with E-state index >= 15 is 0 Å². The minimum atomic E-state index is 0.232. The van der Waals surface area contributed by atoms with Crippen molar-refractivity contribution in [3.63, 3.8) is 0 Å². The Morgan fingerprint density at radius 2 is 2.00 bits per heavy atom. The van der Waals surface area contributed by atoms with Gasteiger partial charge in [-0.05, 0) is 67.0 Å². The van der Waals surface area contributed by atoms with Crippen LogP contribution in [0, 0.1) is 0 Å². The zero-order chi connectivity index (χ0) is 14.7. The minimum Gasteiger partial charge on any atom is -0.325 e. The number of nitrogens with zero attached hydrogens (tertiary/aromatic N) is 2. The smallest absolute Gasteiger partial charge is 0.233 e. The molecular weight excluding hydrogens is 368 g/mol. The third-order valence-electron chi connectivity index (χ3n) is 4.13. The van der Waals surface area contributed by atoms with Crippen molar-refractivity contribution < 1.29 is 4.79 Å². The molecule has 2 fully saturated rings. The fourth-order valence-electron chi connectivity index (χ4n) is 3.04. The van der Waals surface area contributed by atoms with Crippen molar-refractivity contribution in [2.75, 3.05) is 31.9 Å². The highest BCUT2D eigenvalue weighted by Crippen LogP contribution is 2.42. The van der Waals surface area contributed by atoms with Crippen LogP contribution in [0.25, 0.3) is 0 Å². The fourth-order valence-corrected chi connectivity index (χ4v) is 5.92. The number of hydrogen-bond acceptors (Lipinski definition) is 4. The van der Waals surface area contributed by atoms with Gasteiger partial charge in [0.15, 0.2) is 0 Å². The van der Waals surface area contributed by atoms with Crippen LogP contribution in [0.2, 0.25) is 0 Å². The molecule has 0 saturated carbocycles. The first-order valence-corrected chi connectivity index (χ1v) is 10.3. The number of halogens is 1. The number of amides is 1. The van der Waals surface area contributed by atoms with E-state index in [0.717, 1.165) is 23.3 Å². The molecule has 0 N–H and O–H groups in total. The number of carbonyl (C=O) groups excluding carboxylic acids is 1. The Morgan fingerprint density at radius 3 is 2.71 bits per heavy atom. The molecule has 116 valence electrons. The van der Waals surface area contributed by atoms with E-state index in [0.29, 0.717) is 11.7 Å². The van der Waals surface area contributed by atoms with Crippen molar-refractivity contribution in [2.45, 2.75) is 31.1 Å². The lowest BCUT2D eigenvalue weighted by Crippen LogP contribution is -2.34. The highest BCUT2D eigenvalue weighted by atomic mass is 79.9. The minimum absolute atomic E-state index is 0.232. The molecule has 1 unspecified atom stereocenters. The fraction of sp³-hybridized carbons (Fsp3) is 0.667. The Bertz CT molecular complexity index is 488. The molecule has 1 aromatic heterocycles. The van der Waals surface area contributed by atoms with Gasteiger partial charge in [-0.15, -0.1) is 23.1 Å². The van der Waals surface area contributed by atoms with Crippen LogP contribution in [0.3, 0.4) is 0 Å². The van der Waals surface area contributed by atoms with Crippen LogP contribution < -0.4 is 0 Å². The van der Waals surface area contributed by atoms with Gasteiger partial charge < -0.3 is 9.80 Å². The Morgan fingerprint density at radius 1 is 1.19 bits per heavy atom. The number of thioether (sulfide) groups is 1. The molecule has 21 heavy (non-hydrogen) atoms. The van der Waals surface area contributed by atoms with Gasteiger partial charge in [0.05, 0.1) is 9.54 Å². The zero-order valence-corrected chi connectivity index (χ0v) is 15.3. The van der Waals surface area contributed by atoms with Crippen LogP contribution in [-0.4, -0.2) is 47.6 Å². The van der Waals surface area contributed by atoms with Gasteiger partial charge in [-0.2, -0.15) is 0 Å². The molecule has 2 aliphatic heterocycles. The van der Waals surface area contributed by atoms with E-state index in [1.54, 1.807) is 23.1 Å². The third-order valence-corrected chi connectivity index (χ3v) is 7.19. The number of rotatable bonds is 5. The monoisotopic (exact) mass is 388 g/mol. The van der Waals surface area contributed by atoms with Crippen LogP contribution in [0.1, 0.15) is 35.9 Å². The van der Waals surface area contributed by atoms with Crippen LogP contribution in [0.15, 0.2) is 15.9 Å². The first-order chi connectivity index (χ1) is 10.2. The summed E-state index contributed by atoms with van der Waals surface area (Å²) >= 11 is 7.03. The van der Waals surface area contributed by atoms with Gasteiger partial charge in [-0.1, -0.05) is 6.42 Å². The number of thiophene rings is 1. The summed E-state index contributed by atoms with van der Waals surface area (Å²) in [6.07, 6.45) is 5.15. The molecule has 6 heteroatoms. The van der Waals surface area contributed by atoms with Crippen molar-refractivity contribution in [2.24, 2.45) is 0 Å². The topological polar surface area (TPSA) is 23.6 Å². The summed E-state index contributed by atoms with van der Waals surface area (Å²) in [5.74, 6) is 0.928. The van der Waals surface area contributed by atoms with Gasteiger partial charge in [0, 0.05) is 11.4 Å². The van der Waals surface area contributed by atoms with Gasteiger partial charge in [0.2, 0.25) is 5.91 Å². The van der Waals surface area contributed by atoms with E-state index in [9.17, 15) is 4.79 Å². The predicted molar refractivity (Wildman–Crippen MR) is 93.8 cm³/mol. The largest absolute Gasteiger partial charge is 0.325 e. The predicted octanol–water partition coefficient (Wildman–Crippen LogP) is 3.96. The molecular formula is C15H21BrN2OS2. The second kappa shape index (κ2) is 7.49. The molecule has 2 saturated heterocycles. The van der Waals surface area contributed by atoms with Gasteiger partial charge in [-0.3, -0.25) is 4.79 Å². The standard InChI is InChI=1S/C15H21BrN2OS2/c16-13-6-5-12(21-13)15-18(14(19)11-20-15)10-4-9-17-7-2-1-3-8-17/h5-6,15H,1-4,7-11H2. The Kier molecular flexibility index (Phi) is 5.65. The highest BCUT2D eigenvalue weighted by molar-refractivity contribution is 9.11. The number of hydrogen-bond donors (Lipinski definition) is 0. The summed E-state index contributed by atoms with van der Waals surface area (Å²) in [5.41, 5.74) is 0. The molecule has 1 aromatic rings. The van der Waals surface area contributed by atoms with E-state index < -0.39 is 0 Å². The van der Waals surface area contributed by atoms with E-state index in [-0.39, 0.29) is 5.37 Å². The Labute approximate surface area is 143 Å². The quantitative estimate of drug-likeness (QED) is 0.762. The summed E-state index contributed by atoms with van der Waals surface area (Å²) in [6.45, 7) is 4.51. The van der Waals surface area contributed by atoms with Gasteiger partial charge in [0.25, 0.3) is 0 Å². The lowest BCUT2D eigenvalue weighted by molar-refractivity contribution is -0.128. The van der Waals surface area contributed by atoms with Gasteiger partial charge in [-0.25, -0.2) is 0 Å². The van der Waals surface area contributed by atoms with Crippen LogP contribution >= 0.6 is 39.0 Å². The highest BCUT2D eigenvalue weighted by Gasteiger charge is 2.33. The molecule has 3 rings (SSSR count). The van der Waals surface area contributed by atoms with Crippen LogP contribution in [0.5, 0.6) is 0 Å². The number of likely N-dealkylation sites (tertiary alicyclic amines) is 1. The SMILES string of the molecule is O=C1CSC(c2ccc(Br)s2)N1CCCN1CCCCC1. The van der Waals surface area contributed by atoms with Crippen molar-refractivity contribution >= 4 is 44.9 Å². The van der Waals surface area contributed by atoms with E-state index in [1.165, 1.54) is 37.2 Å². The molecule has 0 aromatic carbocycles. The number of piperidine rings is 1. The lowest BCUT2D eigenvalue weighted by atomic mass is 10.1. The maximum absolute atomic E-state index is 12.1. The first-order valence-electron chi connectivity index (χ1n) is 7.63. The molecule has 1 atom stereocenters. The van der Waals surface area contributed by atoms with E-state index in [4.69, 9.17) is 0 Å². The Hall–Kier alpha value is -0.0400. The van der Waals surface area contributed by atoms with Crippen molar-refractivity contribution in [1.82, 2.24) is 9.80 Å². The second-order valence-electron chi connectivity index (χ2n) is 5.65. The Balaban J connectivity index is 1.53. The molecule has 3 nitrogen and oxygen atoms in total. The van der Waals surface area contributed by atoms with E-state index in [2.05, 4.69) is 37.9 Å². The summed E-state index contributed by atoms with van der Waals surface area (Å²) in [4.78, 5) is 18.0. The maximum atomic E-state index is 12.1.